The Labute approximate surface area is 231 Å². The predicted molar refractivity (Wildman–Crippen MR) is 152 cm³/mol. The van der Waals surface area contributed by atoms with Gasteiger partial charge in [0.1, 0.15) is 11.6 Å². The highest BCUT2D eigenvalue weighted by molar-refractivity contribution is 6.31. The lowest BCUT2D eigenvalue weighted by molar-refractivity contribution is 0.0725. The van der Waals surface area contributed by atoms with Crippen LogP contribution in [0, 0.1) is 0 Å². The summed E-state index contributed by atoms with van der Waals surface area (Å²) in [6, 6.07) is 9.09. The molecule has 39 heavy (non-hydrogen) atoms. The molecule has 2 aromatic heterocycles. The number of nitrogens with one attached hydrogen (secondary N) is 1. The maximum atomic E-state index is 13.3. The largest absolute Gasteiger partial charge is 0.493 e. The Morgan fingerprint density at radius 3 is 2.62 bits per heavy atom. The number of fused-ring (bicyclic) bond motifs is 1. The number of halogens is 1. The summed E-state index contributed by atoms with van der Waals surface area (Å²) in [6.45, 7) is 1.84. The number of hydrogen-bond donors (Lipinski definition) is 3. The molecule has 4 aromatic rings. The Balaban J connectivity index is 1.47. The van der Waals surface area contributed by atoms with Gasteiger partial charge in [-0.2, -0.15) is 4.98 Å². The van der Waals surface area contributed by atoms with Gasteiger partial charge >= 0.3 is 0 Å². The molecule has 1 saturated heterocycles. The second-order valence-corrected chi connectivity index (χ2v) is 9.87. The van der Waals surface area contributed by atoms with Crippen LogP contribution < -0.4 is 26.3 Å². The molecule has 0 aliphatic carbocycles. The van der Waals surface area contributed by atoms with Crippen LogP contribution in [0.2, 0.25) is 5.02 Å². The normalized spacial score (nSPS) is 13.5. The average Bonchev–Trinajstić information content (AvgIpc) is 3.37. The van der Waals surface area contributed by atoms with Crippen molar-refractivity contribution in [2.75, 3.05) is 44.1 Å². The van der Waals surface area contributed by atoms with E-state index in [1.54, 1.807) is 38.6 Å². The molecule has 5 N–H and O–H groups in total. The third kappa shape index (κ3) is 5.51. The van der Waals surface area contributed by atoms with E-state index >= 15 is 0 Å². The van der Waals surface area contributed by atoms with Gasteiger partial charge in [-0.25, -0.2) is 4.98 Å². The maximum Gasteiger partial charge on any atom is 0.255 e. The van der Waals surface area contributed by atoms with Crippen LogP contribution in [0.5, 0.6) is 11.5 Å². The maximum absolute atomic E-state index is 13.3. The van der Waals surface area contributed by atoms with E-state index in [0.29, 0.717) is 57.9 Å². The summed E-state index contributed by atoms with van der Waals surface area (Å²) in [4.78, 5) is 23.3. The Hall–Kier alpha value is -4.18. The van der Waals surface area contributed by atoms with Crippen molar-refractivity contribution in [1.29, 1.82) is 0 Å². The second kappa shape index (κ2) is 11.3. The number of hydrogen-bond acceptors (Lipinski definition) is 9. The Morgan fingerprint density at radius 2 is 1.90 bits per heavy atom. The number of rotatable bonds is 8. The van der Waals surface area contributed by atoms with E-state index < -0.39 is 0 Å². The van der Waals surface area contributed by atoms with Crippen molar-refractivity contribution in [2.24, 2.45) is 0 Å². The van der Waals surface area contributed by atoms with Gasteiger partial charge in [-0.15, -0.1) is 0 Å². The number of benzene rings is 2. The van der Waals surface area contributed by atoms with Crippen molar-refractivity contribution >= 4 is 45.9 Å². The average molecular weight is 551 g/mol. The number of carbonyl (C=O) groups is 1. The summed E-state index contributed by atoms with van der Waals surface area (Å²) in [7, 11) is 3.13. The summed E-state index contributed by atoms with van der Waals surface area (Å²) >= 11 is 6.30. The van der Waals surface area contributed by atoms with Crippen LogP contribution in [0.4, 0.5) is 17.5 Å². The number of carbonyl (C=O) groups excluding carboxylic acids is 1. The van der Waals surface area contributed by atoms with E-state index in [1.807, 2.05) is 17.0 Å². The van der Waals surface area contributed by atoms with Gasteiger partial charge < -0.3 is 35.6 Å². The van der Waals surface area contributed by atoms with Crippen LogP contribution in [0.25, 0.3) is 11.0 Å². The molecule has 0 bridgehead atoms. The van der Waals surface area contributed by atoms with Crippen molar-refractivity contribution in [3.8, 4) is 11.5 Å². The van der Waals surface area contributed by atoms with Crippen LogP contribution in [0.15, 0.2) is 40.9 Å². The molecule has 0 atom stereocenters. The molecule has 0 radical (unpaired) electrons. The van der Waals surface area contributed by atoms with Gasteiger partial charge in [-0.05, 0) is 55.2 Å². The van der Waals surface area contributed by atoms with Gasteiger partial charge in [0.25, 0.3) is 5.91 Å². The number of piperidine rings is 1. The van der Waals surface area contributed by atoms with E-state index in [-0.39, 0.29) is 11.9 Å². The fourth-order valence-electron chi connectivity index (χ4n) is 4.92. The quantitative estimate of drug-likeness (QED) is 0.279. The molecule has 1 aliphatic rings. The second-order valence-electron chi connectivity index (χ2n) is 9.44. The monoisotopic (exact) mass is 550 g/mol. The smallest absolute Gasteiger partial charge is 0.255 e. The van der Waals surface area contributed by atoms with Crippen LogP contribution in [0.1, 0.15) is 46.5 Å². The molecule has 11 heteroatoms. The van der Waals surface area contributed by atoms with Crippen LogP contribution in [-0.4, -0.2) is 48.1 Å². The van der Waals surface area contributed by atoms with E-state index in [1.165, 1.54) is 0 Å². The molecule has 1 fully saturated rings. The lowest BCUT2D eigenvalue weighted by Crippen LogP contribution is -2.36. The van der Waals surface area contributed by atoms with Crippen LogP contribution >= 0.6 is 11.6 Å². The van der Waals surface area contributed by atoms with Gasteiger partial charge in [0, 0.05) is 47.4 Å². The summed E-state index contributed by atoms with van der Waals surface area (Å²) in [5.41, 5.74) is 15.1. The summed E-state index contributed by atoms with van der Waals surface area (Å²) in [5, 5.41) is 4.72. The minimum atomic E-state index is -0.00419. The summed E-state index contributed by atoms with van der Waals surface area (Å²) < 4.78 is 17.5. The SMILES string of the molecule is COc1cc(Cc2cnc(N)nc2N)c2cc(CNc3cc(Cl)ccc3C(=O)N3CCCCC3)oc2c1OC. The van der Waals surface area contributed by atoms with E-state index in [9.17, 15) is 4.79 Å². The molecule has 1 amide bonds. The third-order valence-electron chi connectivity index (χ3n) is 6.89. The van der Waals surface area contributed by atoms with Crippen LogP contribution in [0.3, 0.4) is 0 Å². The minimum absolute atomic E-state index is 0.00419. The summed E-state index contributed by atoms with van der Waals surface area (Å²) in [5.74, 6) is 2.05. The molecule has 10 nitrogen and oxygen atoms in total. The number of nitrogens with zero attached hydrogens (tertiary/aromatic N) is 3. The molecule has 204 valence electrons. The first-order valence-electron chi connectivity index (χ1n) is 12.7. The number of nitrogen functional groups attached to an aromatic ring is 2. The fraction of sp³-hybridized carbons (Fsp3) is 0.321. The number of aromatic nitrogens is 2. The Kier molecular flexibility index (Phi) is 7.65. The standard InChI is InChI=1S/C28H31ClN6O4/c1-37-23-11-16(10-17-14-33-28(31)34-26(17)30)21-13-19(39-24(21)25(23)38-2)15-32-22-12-18(29)6-7-20(22)27(36)35-8-4-3-5-9-35/h6-7,11-14,32H,3-5,8-10,15H2,1-2H3,(H4,30,31,33,34). The number of amides is 1. The van der Waals surface area contributed by atoms with Crippen LogP contribution in [-0.2, 0) is 13.0 Å². The van der Waals surface area contributed by atoms with Gasteiger partial charge in [0.05, 0.1) is 26.3 Å². The van der Waals surface area contributed by atoms with Gasteiger partial charge in [-0.1, -0.05) is 11.6 Å². The van der Waals surface area contributed by atoms with Gasteiger partial charge in [0.15, 0.2) is 11.3 Å². The Bertz CT molecular complexity index is 1520. The lowest BCUT2D eigenvalue weighted by atomic mass is 10.0. The zero-order valence-electron chi connectivity index (χ0n) is 21.9. The van der Waals surface area contributed by atoms with Crippen molar-refractivity contribution in [3.63, 3.8) is 0 Å². The molecule has 0 unspecified atom stereocenters. The first kappa shape index (κ1) is 26.4. The number of nitrogens with two attached hydrogens (primary N) is 2. The molecular formula is C28H31ClN6O4. The molecule has 2 aromatic carbocycles. The van der Waals surface area contributed by atoms with Gasteiger partial charge in [0.2, 0.25) is 11.7 Å². The Morgan fingerprint density at radius 1 is 1.10 bits per heavy atom. The molecule has 0 spiro atoms. The predicted octanol–water partition coefficient (Wildman–Crippen LogP) is 4.89. The molecule has 3 heterocycles. The number of furan rings is 1. The molecule has 5 rings (SSSR count). The van der Waals surface area contributed by atoms with Gasteiger partial charge in [-0.3, -0.25) is 4.79 Å². The van der Waals surface area contributed by atoms with E-state index in [4.69, 9.17) is 37.0 Å². The highest BCUT2D eigenvalue weighted by Crippen LogP contribution is 2.41. The number of anilines is 3. The number of methoxy groups -OCH3 is 2. The van der Waals surface area contributed by atoms with E-state index in [2.05, 4.69) is 15.3 Å². The van der Waals surface area contributed by atoms with Crippen molar-refractivity contribution in [1.82, 2.24) is 14.9 Å². The minimum Gasteiger partial charge on any atom is -0.493 e. The fourth-order valence-corrected chi connectivity index (χ4v) is 5.09. The molecule has 0 saturated carbocycles. The zero-order valence-corrected chi connectivity index (χ0v) is 22.7. The molecular weight excluding hydrogens is 520 g/mol. The zero-order chi connectivity index (χ0) is 27.5. The summed E-state index contributed by atoms with van der Waals surface area (Å²) in [6.07, 6.45) is 5.22. The van der Waals surface area contributed by atoms with Crippen molar-refractivity contribution in [2.45, 2.75) is 32.2 Å². The topological polar surface area (TPSA) is 142 Å². The van der Waals surface area contributed by atoms with E-state index in [0.717, 1.165) is 48.9 Å². The number of ether oxygens (including phenoxy) is 2. The highest BCUT2D eigenvalue weighted by atomic mass is 35.5. The van der Waals surface area contributed by atoms with Crippen molar-refractivity contribution < 1.29 is 18.7 Å². The third-order valence-corrected chi connectivity index (χ3v) is 7.13. The number of likely N-dealkylation sites (tertiary alicyclic amines) is 1. The van der Waals surface area contributed by atoms with Crippen molar-refractivity contribution in [3.05, 3.63) is 64.0 Å². The molecule has 1 aliphatic heterocycles. The first-order valence-corrected chi connectivity index (χ1v) is 13.1. The lowest BCUT2D eigenvalue weighted by Gasteiger charge is -2.27. The highest BCUT2D eigenvalue weighted by Gasteiger charge is 2.23. The first-order chi connectivity index (χ1) is 18.9.